The molecule has 6 heteroatoms. The van der Waals surface area contributed by atoms with Crippen molar-refractivity contribution in [3.63, 3.8) is 0 Å². The summed E-state index contributed by atoms with van der Waals surface area (Å²) in [5, 5.41) is 3.15. The maximum absolute atomic E-state index is 12.0. The highest BCUT2D eigenvalue weighted by atomic mass is 19.4. The van der Waals surface area contributed by atoms with Crippen molar-refractivity contribution >= 4 is 0 Å². The molecule has 0 unspecified atom stereocenters. The molecule has 108 valence electrons. The first-order valence-corrected chi connectivity index (χ1v) is 6.03. The molecule has 0 fully saturated rings. The van der Waals surface area contributed by atoms with Gasteiger partial charge in [0, 0.05) is 6.54 Å². The van der Waals surface area contributed by atoms with E-state index in [1.165, 1.54) is 7.11 Å². The van der Waals surface area contributed by atoms with E-state index in [-0.39, 0.29) is 0 Å². The Hall–Kier alpha value is -1.43. The van der Waals surface area contributed by atoms with Gasteiger partial charge >= 0.3 is 6.18 Å². The number of ether oxygens (including phenoxy) is 2. The van der Waals surface area contributed by atoms with Gasteiger partial charge in [0.15, 0.2) is 11.5 Å². The van der Waals surface area contributed by atoms with Crippen LogP contribution in [0.25, 0.3) is 0 Å². The molecule has 1 aromatic rings. The van der Waals surface area contributed by atoms with Crippen LogP contribution in [-0.4, -0.2) is 26.4 Å². The monoisotopic (exact) mass is 277 g/mol. The zero-order chi connectivity index (χ0) is 14.3. The van der Waals surface area contributed by atoms with Crippen LogP contribution in [0.2, 0.25) is 0 Å². The highest BCUT2D eigenvalue weighted by molar-refractivity contribution is 5.42. The lowest BCUT2D eigenvalue weighted by Crippen LogP contribution is -2.14. The molecule has 0 amide bonds. The summed E-state index contributed by atoms with van der Waals surface area (Å²) >= 11 is 0. The summed E-state index contributed by atoms with van der Waals surface area (Å²) in [7, 11) is 1.46. The number of hydrogen-bond donors (Lipinski definition) is 1. The van der Waals surface area contributed by atoms with E-state index >= 15 is 0 Å². The third-order valence-electron chi connectivity index (χ3n) is 2.45. The summed E-state index contributed by atoms with van der Waals surface area (Å²) in [4.78, 5) is 0. The predicted molar refractivity (Wildman–Crippen MR) is 66.5 cm³/mol. The van der Waals surface area contributed by atoms with Crippen LogP contribution in [0.1, 0.15) is 18.9 Å². The maximum Gasteiger partial charge on any atom is 0.392 e. The molecule has 0 spiro atoms. The first-order valence-electron chi connectivity index (χ1n) is 6.03. The smallest absolute Gasteiger partial charge is 0.392 e. The van der Waals surface area contributed by atoms with E-state index in [9.17, 15) is 13.2 Å². The summed E-state index contributed by atoms with van der Waals surface area (Å²) in [5.74, 6) is 0.768. The normalized spacial score (nSPS) is 11.4. The van der Waals surface area contributed by atoms with Gasteiger partial charge < -0.3 is 14.8 Å². The van der Waals surface area contributed by atoms with Crippen LogP contribution in [0.4, 0.5) is 13.2 Å². The van der Waals surface area contributed by atoms with Gasteiger partial charge in [-0.05, 0) is 24.2 Å². The van der Waals surface area contributed by atoms with E-state index in [1.807, 2.05) is 6.92 Å². The SMILES string of the molecule is CCNCc1ccc(OCCC(F)(F)F)c(OC)c1. The molecule has 0 radical (unpaired) electrons. The number of halogens is 3. The molecule has 0 aliphatic heterocycles. The maximum atomic E-state index is 12.0. The van der Waals surface area contributed by atoms with Gasteiger partial charge in [-0.2, -0.15) is 13.2 Å². The van der Waals surface area contributed by atoms with Crippen molar-refractivity contribution in [3.8, 4) is 11.5 Å². The van der Waals surface area contributed by atoms with E-state index in [0.717, 1.165) is 12.1 Å². The van der Waals surface area contributed by atoms with Crippen LogP contribution in [0, 0.1) is 0 Å². The van der Waals surface area contributed by atoms with Crippen LogP contribution in [-0.2, 0) is 6.54 Å². The fourth-order valence-electron chi connectivity index (χ4n) is 1.49. The van der Waals surface area contributed by atoms with Crippen molar-refractivity contribution in [2.75, 3.05) is 20.3 Å². The number of methoxy groups -OCH3 is 1. The Kier molecular flexibility index (Phi) is 5.95. The highest BCUT2D eigenvalue weighted by Gasteiger charge is 2.27. The van der Waals surface area contributed by atoms with Gasteiger partial charge in [-0.1, -0.05) is 13.0 Å². The first kappa shape index (κ1) is 15.6. The lowest BCUT2D eigenvalue weighted by molar-refractivity contribution is -0.139. The van der Waals surface area contributed by atoms with Gasteiger partial charge in [-0.15, -0.1) is 0 Å². The molecule has 0 saturated carbocycles. The Labute approximate surface area is 110 Å². The lowest BCUT2D eigenvalue weighted by Gasteiger charge is -2.13. The predicted octanol–water partition coefficient (Wildman–Crippen LogP) is 3.14. The summed E-state index contributed by atoms with van der Waals surface area (Å²) in [6, 6.07) is 5.18. The zero-order valence-corrected chi connectivity index (χ0v) is 11.0. The molecule has 1 N–H and O–H groups in total. The van der Waals surface area contributed by atoms with Crippen molar-refractivity contribution in [2.45, 2.75) is 26.1 Å². The number of rotatable bonds is 7. The van der Waals surface area contributed by atoms with E-state index in [4.69, 9.17) is 9.47 Å². The second kappa shape index (κ2) is 7.23. The molecule has 3 nitrogen and oxygen atoms in total. The van der Waals surface area contributed by atoms with Gasteiger partial charge in [0.1, 0.15) is 0 Å². The number of nitrogens with one attached hydrogen (secondary N) is 1. The van der Waals surface area contributed by atoms with Gasteiger partial charge in [-0.3, -0.25) is 0 Å². The Morgan fingerprint density at radius 3 is 2.53 bits per heavy atom. The third-order valence-corrected chi connectivity index (χ3v) is 2.45. The van der Waals surface area contributed by atoms with Crippen LogP contribution < -0.4 is 14.8 Å². The topological polar surface area (TPSA) is 30.5 Å². The molecule has 0 aliphatic rings. The molecule has 19 heavy (non-hydrogen) atoms. The van der Waals surface area contributed by atoms with Gasteiger partial charge in [0.05, 0.1) is 20.1 Å². The minimum atomic E-state index is -4.21. The average molecular weight is 277 g/mol. The van der Waals surface area contributed by atoms with Crippen molar-refractivity contribution in [2.24, 2.45) is 0 Å². The van der Waals surface area contributed by atoms with Crippen LogP contribution >= 0.6 is 0 Å². The highest BCUT2D eigenvalue weighted by Crippen LogP contribution is 2.29. The molecule has 1 rings (SSSR count). The molecular formula is C13H18F3NO2. The Morgan fingerprint density at radius 1 is 1.21 bits per heavy atom. The molecule has 0 bridgehead atoms. The standard InChI is InChI=1S/C13H18F3NO2/c1-3-17-9-10-4-5-11(12(8-10)18-2)19-7-6-13(14,15)16/h4-5,8,17H,3,6-7,9H2,1-2H3. The van der Waals surface area contributed by atoms with Crippen LogP contribution in [0.5, 0.6) is 11.5 Å². The Balaban J connectivity index is 2.62. The van der Waals surface area contributed by atoms with Gasteiger partial charge in [-0.25, -0.2) is 0 Å². The number of alkyl halides is 3. The summed E-state index contributed by atoms with van der Waals surface area (Å²) in [6.45, 7) is 3.10. The van der Waals surface area contributed by atoms with E-state index in [1.54, 1.807) is 18.2 Å². The van der Waals surface area contributed by atoms with Crippen molar-refractivity contribution in [1.82, 2.24) is 5.32 Å². The molecule has 0 aromatic heterocycles. The fraction of sp³-hybridized carbons (Fsp3) is 0.538. The third kappa shape index (κ3) is 5.83. The average Bonchev–Trinajstić information content (AvgIpc) is 2.35. The van der Waals surface area contributed by atoms with Gasteiger partial charge in [0.25, 0.3) is 0 Å². The summed E-state index contributed by atoms with van der Waals surface area (Å²) in [6.07, 6.45) is -5.19. The van der Waals surface area contributed by atoms with Crippen LogP contribution in [0.3, 0.4) is 0 Å². The second-order valence-corrected chi connectivity index (χ2v) is 3.98. The summed E-state index contributed by atoms with van der Waals surface area (Å²) in [5.41, 5.74) is 0.988. The number of hydrogen-bond acceptors (Lipinski definition) is 3. The quantitative estimate of drug-likeness (QED) is 0.830. The Bertz CT molecular complexity index is 394. The summed E-state index contributed by atoms with van der Waals surface area (Å²) < 4.78 is 46.3. The minimum Gasteiger partial charge on any atom is -0.493 e. The van der Waals surface area contributed by atoms with Crippen molar-refractivity contribution in [1.29, 1.82) is 0 Å². The molecule has 1 aromatic carbocycles. The molecule has 0 aliphatic carbocycles. The van der Waals surface area contributed by atoms with Gasteiger partial charge in [0.2, 0.25) is 0 Å². The van der Waals surface area contributed by atoms with Crippen molar-refractivity contribution < 1.29 is 22.6 Å². The number of benzene rings is 1. The van der Waals surface area contributed by atoms with E-state index < -0.39 is 19.2 Å². The molecular weight excluding hydrogens is 259 g/mol. The second-order valence-electron chi connectivity index (χ2n) is 3.98. The van der Waals surface area contributed by atoms with E-state index in [2.05, 4.69) is 5.32 Å². The van der Waals surface area contributed by atoms with E-state index in [0.29, 0.717) is 18.0 Å². The minimum absolute atomic E-state index is 0.326. The molecule has 0 heterocycles. The Morgan fingerprint density at radius 2 is 1.95 bits per heavy atom. The molecule has 0 atom stereocenters. The zero-order valence-electron chi connectivity index (χ0n) is 11.0. The van der Waals surface area contributed by atoms with Crippen molar-refractivity contribution in [3.05, 3.63) is 23.8 Å². The fourth-order valence-corrected chi connectivity index (χ4v) is 1.49. The largest absolute Gasteiger partial charge is 0.493 e. The van der Waals surface area contributed by atoms with Crippen LogP contribution in [0.15, 0.2) is 18.2 Å². The first-order chi connectivity index (χ1) is 8.96. The molecule has 0 saturated heterocycles. The lowest BCUT2D eigenvalue weighted by atomic mass is 10.2.